The van der Waals surface area contributed by atoms with Crippen molar-refractivity contribution in [3.63, 3.8) is 0 Å². The van der Waals surface area contributed by atoms with Gasteiger partial charge in [0.25, 0.3) is 5.91 Å². The largest absolute Gasteiger partial charge is 0.449 e. The van der Waals surface area contributed by atoms with Crippen molar-refractivity contribution < 1.29 is 22.7 Å². The van der Waals surface area contributed by atoms with Crippen LogP contribution in [0.1, 0.15) is 22.8 Å². The third-order valence-corrected chi connectivity index (χ3v) is 5.23. The molecule has 0 aliphatic heterocycles. The molecule has 0 unspecified atom stereocenters. The normalized spacial score (nSPS) is 12.1. The van der Waals surface area contributed by atoms with Crippen LogP contribution < -0.4 is 10.5 Å². The molecule has 11 heteroatoms. The minimum absolute atomic E-state index is 0.0555. The van der Waals surface area contributed by atoms with E-state index >= 15 is 0 Å². The summed E-state index contributed by atoms with van der Waals surface area (Å²) in [6.45, 7) is 1.32. The summed E-state index contributed by atoms with van der Waals surface area (Å²) >= 11 is 7.03. The first-order valence-electron chi connectivity index (χ1n) is 6.95. The van der Waals surface area contributed by atoms with Gasteiger partial charge in [0.1, 0.15) is 11.1 Å². The average Bonchev–Trinajstić information content (AvgIpc) is 3.01. The van der Waals surface area contributed by atoms with Gasteiger partial charge in [0.15, 0.2) is 6.10 Å². The zero-order valence-electron chi connectivity index (χ0n) is 13.2. The van der Waals surface area contributed by atoms with E-state index in [9.17, 15) is 18.0 Å². The van der Waals surface area contributed by atoms with Gasteiger partial charge in [-0.25, -0.2) is 18.4 Å². The van der Waals surface area contributed by atoms with Crippen molar-refractivity contribution >= 4 is 49.8 Å². The second-order valence-corrected chi connectivity index (χ2v) is 7.88. The number of anilines is 1. The standard InChI is InChI=1S/C15H12ClN3O5S2/c1-8(13(20)19-14-9(7-17)4-5-25-14)24-15(21)11-6-10(26(18,22)23)2-3-12(11)16/h2-6,8H,1H3,(H,19,20)(H2,18,22,23)/t8-/m1/s1. The van der Waals surface area contributed by atoms with Crippen LogP contribution in [-0.4, -0.2) is 26.4 Å². The number of carbonyl (C=O) groups is 2. The maximum Gasteiger partial charge on any atom is 0.340 e. The lowest BCUT2D eigenvalue weighted by Gasteiger charge is -2.14. The molecular formula is C15H12ClN3O5S2. The van der Waals surface area contributed by atoms with E-state index in [2.05, 4.69) is 5.32 Å². The number of ether oxygens (including phenoxy) is 1. The average molecular weight is 414 g/mol. The van der Waals surface area contributed by atoms with Gasteiger partial charge in [0, 0.05) is 0 Å². The number of nitrogens with two attached hydrogens (primary N) is 1. The maximum atomic E-state index is 12.2. The number of carbonyl (C=O) groups excluding carboxylic acids is 2. The van der Waals surface area contributed by atoms with E-state index in [0.717, 1.165) is 23.5 Å². The molecule has 1 aromatic carbocycles. The Bertz CT molecular complexity index is 1010. The smallest absolute Gasteiger partial charge is 0.340 e. The Morgan fingerprint density at radius 1 is 1.38 bits per heavy atom. The summed E-state index contributed by atoms with van der Waals surface area (Å²) in [5.74, 6) is -1.65. The number of sulfonamides is 1. The Hall–Kier alpha value is -2.45. The fourth-order valence-corrected chi connectivity index (χ4v) is 3.30. The molecule has 1 amide bonds. The van der Waals surface area contributed by atoms with Crippen molar-refractivity contribution in [1.29, 1.82) is 5.26 Å². The van der Waals surface area contributed by atoms with E-state index < -0.39 is 28.0 Å². The molecule has 26 heavy (non-hydrogen) atoms. The number of amides is 1. The summed E-state index contributed by atoms with van der Waals surface area (Å²) in [6, 6.07) is 6.75. The SMILES string of the molecule is C[C@@H](OC(=O)c1cc(S(N)(=O)=O)ccc1Cl)C(=O)Nc1sccc1C#N. The highest BCUT2D eigenvalue weighted by Crippen LogP contribution is 2.23. The third kappa shape index (κ3) is 4.59. The van der Waals surface area contributed by atoms with E-state index in [1.807, 2.05) is 6.07 Å². The van der Waals surface area contributed by atoms with Crippen LogP contribution in [0.25, 0.3) is 0 Å². The van der Waals surface area contributed by atoms with Crippen LogP contribution >= 0.6 is 22.9 Å². The van der Waals surface area contributed by atoms with Crippen LogP contribution in [0.5, 0.6) is 0 Å². The van der Waals surface area contributed by atoms with Gasteiger partial charge in [-0.2, -0.15) is 5.26 Å². The Labute approximate surface area is 158 Å². The van der Waals surface area contributed by atoms with Crippen LogP contribution in [0.15, 0.2) is 34.5 Å². The van der Waals surface area contributed by atoms with Gasteiger partial charge in [-0.15, -0.1) is 11.3 Å². The van der Waals surface area contributed by atoms with Crippen molar-refractivity contribution in [2.24, 2.45) is 5.14 Å². The van der Waals surface area contributed by atoms with Gasteiger partial charge in [0.2, 0.25) is 10.0 Å². The molecule has 0 fully saturated rings. The first kappa shape index (κ1) is 19.9. The number of hydrogen-bond acceptors (Lipinski definition) is 7. The number of benzene rings is 1. The lowest BCUT2D eigenvalue weighted by Crippen LogP contribution is -2.30. The molecule has 3 N–H and O–H groups in total. The number of esters is 1. The number of hydrogen-bond donors (Lipinski definition) is 2. The molecule has 1 heterocycles. The second-order valence-electron chi connectivity index (χ2n) is 5.00. The summed E-state index contributed by atoms with van der Waals surface area (Å²) in [5.41, 5.74) is 0.0393. The van der Waals surface area contributed by atoms with E-state index in [1.165, 1.54) is 19.1 Å². The zero-order valence-corrected chi connectivity index (χ0v) is 15.6. The lowest BCUT2D eigenvalue weighted by atomic mass is 10.2. The highest BCUT2D eigenvalue weighted by atomic mass is 35.5. The van der Waals surface area contributed by atoms with Crippen molar-refractivity contribution in [3.8, 4) is 6.07 Å². The minimum atomic E-state index is -4.04. The molecule has 0 spiro atoms. The molecule has 0 radical (unpaired) electrons. The van der Waals surface area contributed by atoms with Crippen LogP contribution in [0.3, 0.4) is 0 Å². The number of nitrogens with zero attached hydrogens (tertiary/aromatic N) is 1. The molecule has 2 rings (SSSR count). The number of thiophene rings is 1. The molecule has 0 aliphatic carbocycles. The summed E-state index contributed by atoms with van der Waals surface area (Å²) < 4.78 is 27.8. The van der Waals surface area contributed by atoms with Crippen LogP contribution in [0.4, 0.5) is 5.00 Å². The summed E-state index contributed by atoms with van der Waals surface area (Å²) in [5, 5.41) is 18.3. The fraction of sp³-hybridized carbons (Fsp3) is 0.133. The number of primary sulfonamides is 1. The predicted molar refractivity (Wildman–Crippen MR) is 95.4 cm³/mol. The molecule has 0 aliphatic rings. The molecule has 0 bridgehead atoms. The monoisotopic (exact) mass is 413 g/mol. The fourth-order valence-electron chi connectivity index (χ4n) is 1.82. The second kappa shape index (κ2) is 7.84. The molecule has 8 nitrogen and oxygen atoms in total. The topological polar surface area (TPSA) is 139 Å². The van der Waals surface area contributed by atoms with Crippen molar-refractivity contribution in [3.05, 3.63) is 45.8 Å². The van der Waals surface area contributed by atoms with Crippen molar-refractivity contribution in [1.82, 2.24) is 0 Å². The Balaban J connectivity index is 2.14. The summed E-state index contributed by atoms with van der Waals surface area (Å²) in [6.07, 6.45) is -1.22. The Kier molecular flexibility index (Phi) is 5.99. The molecule has 136 valence electrons. The molecule has 0 saturated heterocycles. The Morgan fingerprint density at radius 3 is 2.69 bits per heavy atom. The molecule has 1 atom stereocenters. The molecule has 0 saturated carbocycles. The number of nitriles is 1. The molecule has 2 aromatic rings. The van der Waals surface area contributed by atoms with E-state index in [4.69, 9.17) is 26.7 Å². The number of rotatable bonds is 5. The highest BCUT2D eigenvalue weighted by molar-refractivity contribution is 7.89. The molecular weight excluding hydrogens is 402 g/mol. The highest BCUT2D eigenvalue weighted by Gasteiger charge is 2.23. The summed E-state index contributed by atoms with van der Waals surface area (Å²) in [7, 11) is -4.04. The minimum Gasteiger partial charge on any atom is -0.449 e. The van der Waals surface area contributed by atoms with Gasteiger partial charge >= 0.3 is 5.97 Å². The van der Waals surface area contributed by atoms with Gasteiger partial charge in [-0.1, -0.05) is 11.6 Å². The molecule has 1 aromatic heterocycles. The Morgan fingerprint density at radius 2 is 2.08 bits per heavy atom. The predicted octanol–water partition coefficient (Wildman–Crippen LogP) is 2.10. The number of halogens is 1. The third-order valence-electron chi connectivity index (χ3n) is 3.16. The first-order valence-corrected chi connectivity index (χ1v) is 9.75. The van der Waals surface area contributed by atoms with E-state index in [0.29, 0.717) is 5.00 Å². The summed E-state index contributed by atoms with van der Waals surface area (Å²) in [4.78, 5) is 24.0. The van der Waals surface area contributed by atoms with E-state index in [-0.39, 0.29) is 21.0 Å². The lowest BCUT2D eigenvalue weighted by molar-refractivity contribution is -0.123. The van der Waals surface area contributed by atoms with Crippen LogP contribution in [0.2, 0.25) is 5.02 Å². The van der Waals surface area contributed by atoms with Crippen LogP contribution in [0, 0.1) is 11.3 Å². The van der Waals surface area contributed by atoms with Crippen molar-refractivity contribution in [2.45, 2.75) is 17.9 Å². The van der Waals surface area contributed by atoms with Crippen molar-refractivity contribution in [2.75, 3.05) is 5.32 Å². The van der Waals surface area contributed by atoms with Gasteiger partial charge in [0.05, 0.1) is 21.0 Å². The van der Waals surface area contributed by atoms with Gasteiger partial charge in [-0.05, 0) is 36.6 Å². The zero-order chi connectivity index (χ0) is 19.5. The van der Waals surface area contributed by atoms with E-state index in [1.54, 1.807) is 5.38 Å². The van der Waals surface area contributed by atoms with Crippen LogP contribution in [-0.2, 0) is 19.6 Å². The quantitative estimate of drug-likeness (QED) is 0.719. The first-order chi connectivity index (χ1) is 12.1. The maximum absolute atomic E-state index is 12.2. The number of nitrogens with one attached hydrogen (secondary N) is 1. The van der Waals surface area contributed by atoms with Gasteiger partial charge in [-0.3, -0.25) is 4.79 Å². The van der Waals surface area contributed by atoms with Gasteiger partial charge < -0.3 is 10.1 Å².